The predicted octanol–water partition coefficient (Wildman–Crippen LogP) is 7.39. The molecule has 0 saturated carbocycles. The molecular formula is C18H38O2S. The summed E-state index contributed by atoms with van der Waals surface area (Å²) in [5.41, 5.74) is 0. The first-order valence-corrected chi connectivity index (χ1v) is 10.3. The molecule has 0 radical (unpaired) electrons. The molecule has 3 heteroatoms. The first kappa shape index (κ1) is 21.3. The highest BCUT2D eigenvalue weighted by atomic mass is 32.2. The molecule has 0 aromatic carbocycles. The van der Waals surface area contributed by atoms with Crippen LogP contribution in [0.4, 0.5) is 0 Å². The van der Waals surface area contributed by atoms with Gasteiger partial charge in [0, 0.05) is 17.8 Å². The molecule has 0 aromatic rings. The summed E-state index contributed by atoms with van der Waals surface area (Å²) in [6.07, 6.45) is 22.4. The predicted molar refractivity (Wildman–Crippen MR) is 95.7 cm³/mol. The van der Waals surface area contributed by atoms with Crippen LogP contribution < -0.4 is 0 Å². The third-order valence-corrected chi connectivity index (χ3v) is 4.69. The molecule has 0 rings (SSSR count). The Balaban J connectivity index is 2.90. The highest BCUT2D eigenvalue weighted by molar-refractivity contribution is 7.94. The third kappa shape index (κ3) is 20.3. The summed E-state index contributed by atoms with van der Waals surface area (Å²) in [6, 6.07) is 0. The first-order chi connectivity index (χ1) is 10.4. The van der Waals surface area contributed by atoms with Crippen LogP contribution >= 0.6 is 12.0 Å². The fourth-order valence-electron chi connectivity index (χ4n) is 2.75. The van der Waals surface area contributed by atoms with Gasteiger partial charge in [-0.1, -0.05) is 103 Å². The van der Waals surface area contributed by atoms with E-state index in [0.29, 0.717) is 0 Å². The molecule has 0 bridgehead atoms. The van der Waals surface area contributed by atoms with Crippen LogP contribution in [-0.2, 0) is 4.33 Å². The molecule has 0 atom stereocenters. The van der Waals surface area contributed by atoms with Crippen molar-refractivity contribution in [1.29, 1.82) is 0 Å². The Morgan fingerprint density at radius 2 is 0.905 bits per heavy atom. The SMILES string of the molecule is CCCCCCCCCCCCCCCCCCSOO. The zero-order chi connectivity index (χ0) is 15.4. The average Bonchev–Trinajstić information content (AvgIpc) is 2.50. The fraction of sp³-hybridized carbons (Fsp3) is 1.00. The maximum atomic E-state index is 8.15. The highest BCUT2D eigenvalue weighted by Crippen LogP contribution is 2.14. The van der Waals surface area contributed by atoms with Crippen LogP contribution in [0.5, 0.6) is 0 Å². The van der Waals surface area contributed by atoms with E-state index in [1.807, 2.05) is 0 Å². The summed E-state index contributed by atoms with van der Waals surface area (Å²) in [5, 5.41) is 8.15. The van der Waals surface area contributed by atoms with Crippen molar-refractivity contribution in [1.82, 2.24) is 0 Å². The van der Waals surface area contributed by atoms with E-state index in [2.05, 4.69) is 11.3 Å². The van der Waals surface area contributed by atoms with E-state index in [1.54, 1.807) is 0 Å². The van der Waals surface area contributed by atoms with E-state index in [4.69, 9.17) is 5.26 Å². The van der Waals surface area contributed by atoms with Crippen molar-refractivity contribution in [3.8, 4) is 0 Å². The van der Waals surface area contributed by atoms with Crippen LogP contribution in [0.3, 0.4) is 0 Å². The van der Waals surface area contributed by atoms with E-state index >= 15 is 0 Å². The molecule has 0 fully saturated rings. The van der Waals surface area contributed by atoms with Gasteiger partial charge in [0.15, 0.2) is 0 Å². The Kier molecular flexibility index (Phi) is 20.5. The second-order valence-electron chi connectivity index (χ2n) is 6.20. The molecule has 128 valence electrons. The van der Waals surface area contributed by atoms with Gasteiger partial charge in [-0.2, -0.15) is 4.33 Å². The molecule has 0 unspecified atom stereocenters. The van der Waals surface area contributed by atoms with Crippen LogP contribution in [0.2, 0.25) is 0 Å². The lowest BCUT2D eigenvalue weighted by molar-refractivity contribution is -0.116. The molecule has 0 heterocycles. The van der Waals surface area contributed by atoms with Crippen molar-refractivity contribution >= 4 is 12.0 Å². The van der Waals surface area contributed by atoms with Crippen LogP contribution in [0.25, 0.3) is 0 Å². The Bertz CT molecular complexity index is 159. The van der Waals surface area contributed by atoms with E-state index in [-0.39, 0.29) is 0 Å². The number of unbranched alkanes of at least 4 members (excludes halogenated alkanes) is 15. The molecule has 0 aliphatic carbocycles. The topological polar surface area (TPSA) is 29.5 Å². The van der Waals surface area contributed by atoms with Crippen molar-refractivity contribution in [2.75, 3.05) is 5.75 Å². The summed E-state index contributed by atoms with van der Waals surface area (Å²) < 4.78 is 3.98. The van der Waals surface area contributed by atoms with Gasteiger partial charge in [-0.05, 0) is 6.42 Å². The summed E-state index contributed by atoms with van der Waals surface area (Å²) in [4.78, 5) is 0. The second-order valence-corrected chi connectivity index (χ2v) is 6.99. The lowest BCUT2D eigenvalue weighted by Gasteiger charge is -2.03. The largest absolute Gasteiger partial charge is 0.239 e. The molecule has 0 aliphatic rings. The zero-order valence-corrected chi connectivity index (χ0v) is 15.1. The summed E-state index contributed by atoms with van der Waals surface area (Å²) >= 11 is 1.15. The fourth-order valence-corrected chi connectivity index (χ4v) is 3.14. The van der Waals surface area contributed by atoms with E-state index in [0.717, 1.165) is 24.2 Å². The van der Waals surface area contributed by atoms with Gasteiger partial charge in [-0.3, -0.25) is 0 Å². The molecule has 2 nitrogen and oxygen atoms in total. The maximum absolute atomic E-state index is 8.15. The van der Waals surface area contributed by atoms with Gasteiger partial charge < -0.3 is 0 Å². The Labute approximate surface area is 137 Å². The summed E-state index contributed by atoms with van der Waals surface area (Å²) in [6.45, 7) is 2.28. The van der Waals surface area contributed by atoms with Crippen molar-refractivity contribution in [2.45, 2.75) is 110 Å². The lowest BCUT2D eigenvalue weighted by atomic mass is 10.0. The molecule has 0 saturated heterocycles. The smallest absolute Gasteiger partial charge is 0.0311 e. The second kappa shape index (κ2) is 20.3. The monoisotopic (exact) mass is 318 g/mol. The Morgan fingerprint density at radius 3 is 1.24 bits per heavy atom. The van der Waals surface area contributed by atoms with Crippen LogP contribution in [0.15, 0.2) is 0 Å². The standard InChI is InChI=1S/C18H38O2S/c1-2-3-4-5-6-7-8-9-10-11-12-13-14-15-16-17-18-21-20-19/h19H,2-18H2,1H3. The van der Waals surface area contributed by atoms with Gasteiger partial charge in [0.2, 0.25) is 0 Å². The van der Waals surface area contributed by atoms with E-state index in [1.165, 1.54) is 96.3 Å². The minimum absolute atomic E-state index is 0.912. The molecule has 0 aliphatic heterocycles. The van der Waals surface area contributed by atoms with Crippen molar-refractivity contribution < 1.29 is 9.59 Å². The number of rotatable bonds is 18. The van der Waals surface area contributed by atoms with Gasteiger partial charge in [-0.15, -0.1) is 0 Å². The molecule has 0 spiro atoms. The highest BCUT2D eigenvalue weighted by Gasteiger charge is 1.95. The molecule has 1 N–H and O–H groups in total. The van der Waals surface area contributed by atoms with Gasteiger partial charge in [-0.25, -0.2) is 5.26 Å². The normalized spacial score (nSPS) is 11.1. The Hall–Kier alpha value is 0.270. The minimum atomic E-state index is 0.912. The van der Waals surface area contributed by atoms with Crippen LogP contribution in [0.1, 0.15) is 110 Å². The van der Waals surface area contributed by atoms with Gasteiger partial charge in [0.25, 0.3) is 0 Å². The average molecular weight is 319 g/mol. The van der Waals surface area contributed by atoms with Gasteiger partial charge in [0.1, 0.15) is 0 Å². The van der Waals surface area contributed by atoms with Gasteiger partial charge in [0.05, 0.1) is 0 Å². The van der Waals surface area contributed by atoms with Crippen LogP contribution in [-0.4, -0.2) is 11.0 Å². The number of hydrogen-bond acceptors (Lipinski definition) is 3. The lowest BCUT2D eigenvalue weighted by Crippen LogP contribution is -1.84. The molecule has 21 heavy (non-hydrogen) atoms. The van der Waals surface area contributed by atoms with E-state index in [9.17, 15) is 0 Å². The maximum Gasteiger partial charge on any atom is 0.0311 e. The summed E-state index contributed by atoms with van der Waals surface area (Å²) in [5.74, 6) is 0.912. The van der Waals surface area contributed by atoms with Crippen molar-refractivity contribution in [3.05, 3.63) is 0 Å². The van der Waals surface area contributed by atoms with Gasteiger partial charge >= 0.3 is 0 Å². The number of hydrogen-bond donors (Lipinski definition) is 1. The molecular weight excluding hydrogens is 280 g/mol. The zero-order valence-electron chi connectivity index (χ0n) is 14.3. The molecule has 0 aromatic heterocycles. The van der Waals surface area contributed by atoms with Crippen molar-refractivity contribution in [2.24, 2.45) is 0 Å². The Morgan fingerprint density at radius 1 is 0.571 bits per heavy atom. The van der Waals surface area contributed by atoms with Crippen molar-refractivity contribution in [3.63, 3.8) is 0 Å². The van der Waals surface area contributed by atoms with E-state index < -0.39 is 0 Å². The quantitative estimate of drug-likeness (QED) is 0.124. The third-order valence-electron chi connectivity index (χ3n) is 4.13. The molecule has 0 amide bonds. The van der Waals surface area contributed by atoms with Crippen LogP contribution in [0, 0.1) is 0 Å². The first-order valence-electron chi connectivity index (χ1n) is 9.35. The minimum Gasteiger partial charge on any atom is -0.239 e. The summed E-state index contributed by atoms with van der Waals surface area (Å²) in [7, 11) is 0.